The smallest absolute Gasteiger partial charge is 0.255 e. The van der Waals surface area contributed by atoms with E-state index in [9.17, 15) is 4.79 Å². The van der Waals surface area contributed by atoms with Gasteiger partial charge in [-0.05, 0) is 36.8 Å². The van der Waals surface area contributed by atoms with Crippen LogP contribution >= 0.6 is 11.6 Å². The van der Waals surface area contributed by atoms with Gasteiger partial charge in [-0.1, -0.05) is 11.6 Å². The van der Waals surface area contributed by atoms with Crippen LogP contribution in [-0.2, 0) is 0 Å². The molecule has 0 bridgehead atoms. The second-order valence-electron chi connectivity index (χ2n) is 5.55. The van der Waals surface area contributed by atoms with Gasteiger partial charge in [0.2, 0.25) is 0 Å². The number of halogens is 1. The van der Waals surface area contributed by atoms with Gasteiger partial charge in [-0.2, -0.15) is 0 Å². The molecule has 120 valence electrons. The van der Waals surface area contributed by atoms with Gasteiger partial charge in [0.05, 0.1) is 0 Å². The number of hydrogen-bond donors (Lipinski definition) is 2. The molecule has 6 heteroatoms. The van der Waals surface area contributed by atoms with Crippen molar-refractivity contribution in [3.05, 3.63) is 52.7 Å². The maximum absolute atomic E-state index is 12.4. The topological polar surface area (TPSA) is 57.3 Å². The minimum atomic E-state index is -0.142. The number of aromatic nitrogens is 1. The highest BCUT2D eigenvalue weighted by molar-refractivity contribution is 6.30. The number of aryl methyl sites for hydroxylation is 1. The zero-order chi connectivity index (χ0) is 16.2. The van der Waals surface area contributed by atoms with E-state index in [0.29, 0.717) is 10.6 Å². The lowest BCUT2D eigenvalue weighted by molar-refractivity contribution is 0.102. The Morgan fingerprint density at radius 3 is 2.78 bits per heavy atom. The number of pyridine rings is 1. The van der Waals surface area contributed by atoms with Gasteiger partial charge in [-0.3, -0.25) is 4.79 Å². The first-order valence-electron chi connectivity index (χ1n) is 7.63. The predicted molar refractivity (Wildman–Crippen MR) is 93.5 cm³/mol. The molecule has 5 nitrogen and oxygen atoms in total. The van der Waals surface area contributed by atoms with Crippen molar-refractivity contribution in [2.24, 2.45) is 0 Å². The molecule has 0 aliphatic carbocycles. The van der Waals surface area contributed by atoms with E-state index in [1.54, 1.807) is 30.5 Å². The Morgan fingerprint density at radius 2 is 2.04 bits per heavy atom. The Kier molecular flexibility index (Phi) is 4.79. The zero-order valence-electron chi connectivity index (χ0n) is 13.0. The average molecular weight is 331 g/mol. The van der Waals surface area contributed by atoms with Crippen LogP contribution in [0.2, 0.25) is 5.02 Å². The number of nitrogens with one attached hydrogen (secondary N) is 2. The van der Waals surface area contributed by atoms with Crippen LogP contribution < -0.4 is 15.5 Å². The molecule has 2 aromatic rings. The molecule has 0 atom stereocenters. The summed E-state index contributed by atoms with van der Waals surface area (Å²) in [5.41, 5.74) is 2.22. The third-order valence-corrected chi connectivity index (χ3v) is 4.11. The third kappa shape index (κ3) is 3.81. The van der Waals surface area contributed by atoms with E-state index in [-0.39, 0.29) is 5.91 Å². The third-order valence-electron chi connectivity index (χ3n) is 3.88. The minimum absolute atomic E-state index is 0.142. The van der Waals surface area contributed by atoms with Gasteiger partial charge >= 0.3 is 0 Å². The van der Waals surface area contributed by atoms with E-state index in [1.807, 2.05) is 13.0 Å². The quantitative estimate of drug-likeness (QED) is 0.908. The molecule has 0 saturated carbocycles. The van der Waals surface area contributed by atoms with Crippen LogP contribution in [0.5, 0.6) is 0 Å². The Balaban J connectivity index is 1.75. The molecular weight excluding hydrogens is 312 g/mol. The van der Waals surface area contributed by atoms with Gasteiger partial charge in [-0.15, -0.1) is 0 Å². The normalized spacial score (nSPS) is 14.6. The number of piperazine rings is 1. The molecule has 2 heterocycles. The highest BCUT2D eigenvalue weighted by atomic mass is 35.5. The summed E-state index contributed by atoms with van der Waals surface area (Å²) in [6.07, 6.45) is 1.72. The summed E-state index contributed by atoms with van der Waals surface area (Å²) in [5, 5.41) is 6.88. The lowest BCUT2D eigenvalue weighted by Gasteiger charge is -2.28. The number of hydrogen-bond acceptors (Lipinski definition) is 4. The molecule has 0 radical (unpaired) electrons. The van der Waals surface area contributed by atoms with Gasteiger partial charge in [0, 0.05) is 54.7 Å². The lowest BCUT2D eigenvalue weighted by Crippen LogP contribution is -2.43. The Bertz CT molecular complexity index is 713. The fourth-order valence-corrected chi connectivity index (χ4v) is 2.87. The van der Waals surface area contributed by atoms with Crippen LogP contribution in [-0.4, -0.2) is 37.1 Å². The van der Waals surface area contributed by atoms with E-state index < -0.39 is 0 Å². The van der Waals surface area contributed by atoms with Crippen LogP contribution in [0.4, 0.5) is 11.5 Å². The van der Waals surface area contributed by atoms with Gasteiger partial charge < -0.3 is 15.5 Å². The monoisotopic (exact) mass is 330 g/mol. The summed E-state index contributed by atoms with van der Waals surface area (Å²) in [7, 11) is 0. The Morgan fingerprint density at radius 1 is 1.26 bits per heavy atom. The van der Waals surface area contributed by atoms with Gasteiger partial charge in [-0.25, -0.2) is 4.98 Å². The van der Waals surface area contributed by atoms with Crippen molar-refractivity contribution in [2.45, 2.75) is 6.92 Å². The summed E-state index contributed by atoms with van der Waals surface area (Å²) in [4.78, 5) is 19.0. The molecule has 0 spiro atoms. The number of anilines is 2. The van der Waals surface area contributed by atoms with E-state index in [0.717, 1.165) is 43.2 Å². The van der Waals surface area contributed by atoms with Gasteiger partial charge in [0.25, 0.3) is 5.91 Å². The molecule has 1 aromatic heterocycles. The first-order chi connectivity index (χ1) is 11.1. The molecule has 1 amide bonds. The van der Waals surface area contributed by atoms with E-state index in [1.165, 1.54) is 0 Å². The molecule has 2 N–H and O–H groups in total. The van der Waals surface area contributed by atoms with Crippen molar-refractivity contribution >= 4 is 29.0 Å². The second kappa shape index (κ2) is 6.98. The first-order valence-corrected chi connectivity index (χ1v) is 8.00. The number of nitrogens with zero attached hydrogens (tertiary/aromatic N) is 2. The fourth-order valence-electron chi connectivity index (χ4n) is 2.64. The van der Waals surface area contributed by atoms with Crippen LogP contribution in [0.3, 0.4) is 0 Å². The highest BCUT2D eigenvalue weighted by Crippen LogP contribution is 2.20. The average Bonchev–Trinajstić information content (AvgIpc) is 2.56. The van der Waals surface area contributed by atoms with Crippen molar-refractivity contribution in [1.82, 2.24) is 10.3 Å². The Hall–Kier alpha value is -2.11. The van der Waals surface area contributed by atoms with Crippen LogP contribution in [0, 0.1) is 6.92 Å². The lowest BCUT2D eigenvalue weighted by atomic mass is 10.1. The second-order valence-corrected chi connectivity index (χ2v) is 5.99. The van der Waals surface area contributed by atoms with E-state index in [4.69, 9.17) is 11.6 Å². The molecular formula is C17H19ClN4O. The minimum Gasteiger partial charge on any atom is -0.354 e. The van der Waals surface area contributed by atoms with Crippen LogP contribution in [0.25, 0.3) is 0 Å². The molecule has 3 rings (SSSR count). The van der Waals surface area contributed by atoms with Crippen molar-refractivity contribution in [3.63, 3.8) is 0 Å². The molecule has 1 aliphatic rings. The predicted octanol–water partition coefficient (Wildman–Crippen LogP) is 2.71. The van der Waals surface area contributed by atoms with Crippen LogP contribution in [0.1, 0.15) is 15.9 Å². The molecule has 0 unspecified atom stereocenters. The molecule has 23 heavy (non-hydrogen) atoms. The SMILES string of the molecule is Cc1cc(Cl)ccc1C(=O)Nc1ccnc(N2CCNCC2)c1. The summed E-state index contributed by atoms with van der Waals surface area (Å²) < 4.78 is 0. The number of amides is 1. The molecule has 1 fully saturated rings. The van der Waals surface area contributed by atoms with Gasteiger partial charge in [0.1, 0.15) is 5.82 Å². The van der Waals surface area contributed by atoms with Crippen molar-refractivity contribution < 1.29 is 4.79 Å². The summed E-state index contributed by atoms with van der Waals surface area (Å²) in [6.45, 7) is 5.60. The molecule has 1 saturated heterocycles. The van der Waals surface area contributed by atoms with Crippen molar-refractivity contribution in [1.29, 1.82) is 0 Å². The molecule has 1 aromatic carbocycles. The standard InChI is InChI=1S/C17H19ClN4O/c1-12-10-13(18)2-3-15(12)17(23)21-14-4-5-20-16(11-14)22-8-6-19-7-9-22/h2-5,10-11,19H,6-9H2,1H3,(H,20,21,23). The summed E-state index contributed by atoms with van der Waals surface area (Å²) >= 11 is 5.94. The number of benzene rings is 1. The van der Waals surface area contributed by atoms with Gasteiger partial charge in [0.15, 0.2) is 0 Å². The van der Waals surface area contributed by atoms with E-state index >= 15 is 0 Å². The first kappa shape index (κ1) is 15.8. The van der Waals surface area contributed by atoms with Crippen molar-refractivity contribution in [3.8, 4) is 0 Å². The Labute approximate surface area is 140 Å². The molecule has 1 aliphatic heterocycles. The summed E-state index contributed by atoms with van der Waals surface area (Å²) in [5.74, 6) is 0.744. The number of carbonyl (C=O) groups excluding carboxylic acids is 1. The zero-order valence-corrected chi connectivity index (χ0v) is 13.7. The number of rotatable bonds is 3. The number of carbonyl (C=O) groups is 1. The maximum Gasteiger partial charge on any atom is 0.255 e. The highest BCUT2D eigenvalue weighted by Gasteiger charge is 2.14. The van der Waals surface area contributed by atoms with E-state index in [2.05, 4.69) is 20.5 Å². The maximum atomic E-state index is 12.4. The largest absolute Gasteiger partial charge is 0.354 e. The van der Waals surface area contributed by atoms with Crippen molar-refractivity contribution in [2.75, 3.05) is 36.4 Å². The fraction of sp³-hybridized carbons (Fsp3) is 0.294. The summed E-state index contributed by atoms with van der Waals surface area (Å²) in [6, 6.07) is 8.96. The van der Waals surface area contributed by atoms with Crippen LogP contribution in [0.15, 0.2) is 36.5 Å².